The van der Waals surface area contributed by atoms with Gasteiger partial charge in [0.15, 0.2) is 0 Å². The first-order chi connectivity index (χ1) is 23.2. The molecule has 4 rings (SSSR count). The van der Waals surface area contributed by atoms with Crippen LogP contribution < -0.4 is 9.47 Å². The first-order valence-corrected chi connectivity index (χ1v) is 16.1. The number of benzene rings is 4. The molecule has 0 bridgehead atoms. The van der Waals surface area contributed by atoms with Gasteiger partial charge in [0.1, 0.15) is 18.1 Å². The summed E-state index contributed by atoms with van der Waals surface area (Å²) < 4.78 is 49.6. The predicted octanol–water partition coefficient (Wildman–Crippen LogP) is 9.13. The maximum absolute atomic E-state index is 13.1. The number of hydrogen-bond acceptors (Lipinski definition) is 5. The average molecular weight is 678 g/mol. The molecule has 4 aromatic rings. The van der Waals surface area contributed by atoms with Crippen LogP contribution in [0.4, 0.5) is 13.2 Å². The SMILES string of the molecule is CC(C)(C)c1ccc(-c2ccc(COc3ccc(OC(F)(F)F)cc3CCN(CCCCC(=O)O)Cc3ccc(C(=O)O)cc3)cc2)cc1. The van der Waals surface area contributed by atoms with Crippen molar-refractivity contribution in [2.24, 2.45) is 0 Å². The number of carbonyl (C=O) groups is 2. The minimum absolute atomic E-state index is 0.0282. The Hall–Kier alpha value is -4.83. The normalized spacial score (nSPS) is 11.8. The molecule has 2 N–H and O–H groups in total. The number of aliphatic carboxylic acids is 1. The third kappa shape index (κ3) is 12.0. The van der Waals surface area contributed by atoms with Crippen LogP contribution in [0.25, 0.3) is 11.1 Å². The largest absolute Gasteiger partial charge is 0.573 e. The summed E-state index contributed by atoms with van der Waals surface area (Å²) in [6.45, 7) is 8.11. The van der Waals surface area contributed by atoms with Crippen LogP contribution in [0, 0.1) is 0 Å². The van der Waals surface area contributed by atoms with E-state index in [1.165, 1.54) is 35.9 Å². The van der Waals surface area contributed by atoms with Crippen molar-refractivity contribution >= 4 is 11.9 Å². The summed E-state index contributed by atoms with van der Waals surface area (Å²) in [5, 5.41) is 18.3. The van der Waals surface area contributed by atoms with Gasteiger partial charge in [0.05, 0.1) is 5.56 Å². The van der Waals surface area contributed by atoms with Crippen LogP contribution in [0.5, 0.6) is 11.5 Å². The summed E-state index contributed by atoms with van der Waals surface area (Å²) >= 11 is 0. The highest BCUT2D eigenvalue weighted by atomic mass is 19.4. The van der Waals surface area contributed by atoms with Crippen LogP contribution in [0.2, 0.25) is 0 Å². The van der Waals surface area contributed by atoms with Crippen molar-refractivity contribution in [3.05, 3.63) is 119 Å². The highest BCUT2D eigenvalue weighted by Gasteiger charge is 2.31. The van der Waals surface area contributed by atoms with Gasteiger partial charge in [0.25, 0.3) is 0 Å². The Balaban J connectivity index is 1.48. The summed E-state index contributed by atoms with van der Waals surface area (Å²) in [7, 11) is 0. The molecule has 0 aliphatic carbocycles. The van der Waals surface area contributed by atoms with Crippen molar-refractivity contribution in [1.29, 1.82) is 0 Å². The molecule has 0 saturated heterocycles. The molecule has 49 heavy (non-hydrogen) atoms. The highest BCUT2D eigenvalue weighted by molar-refractivity contribution is 5.87. The number of hydrogen-bond donors (Lipinski definition) is 2. The van der Waals surface area contributed by atoms with Gasteiger partial charge in [-0.15, -0.1) is 13.2 Å². The molecule has 0 amide bonds. The molecule has 0 unspecified atom stereocenters. The van der Waals surface area contributed by atoms with E-state index in [2.05, 4.69) is 54.7 Å². The zero-order valence-corrected chi connectivity index (χ0v) is 27.9. The fourth-order valence-corrected chi connectivity index (χ4v) is 5.38. The summed E-state index contributed by atoms with van der Waals surface area (Å²) in [4.78, 5) is 24.4. The van der Waals surface area contributed by atoms with E-state index in [-0.39, 0.29) is 29.8 Å². The fourth-order valence-electron chi connectivity index (χ4n) is 5.38. The molecule has 0 aliphatic heterocycles. The van der Waals surface area contributed by atoms with Crippen molar-refractivity contribution in [3.63, 3.8) is 0 Å². The number of alkyl halides is 3. The number of carboxylic acids is 2. The molecule has 0 saturated carbocycles. The van der Waals surface area contributed by atoms with Gasteiger partial charge in [-0.1, -0.05) is 81.4 Å². The van der Waals surface area contributed by atoms with Crippen molar-refractivity contribution in [2.45, 2.75) is 71.4 Å². The number of carboxylic acid groups (broad SMARTS) is 2. The van der Waals surface area contributed by atoms with Gasteiger partial charge in [0.2, 0.25) is 0 Å². The Morgan fingerprint density at radius 2 is 1.37 bits per heavy atom. The fraction of sp³-hybridized carbons (Fsp3) is 0.333. The second kappa shape index (κ2) is 16.5. The lowest BCUT2D eigenvalue weighted by Gasteiger charge is -2.23. The Kier molecular flexibility index (Phi) is 12.5. The van der Waals surface area contributed by atoms with E-state index in [9.17, 15) is 27.9 Å². The summed E-state index contributed by atoms with van der Waals surface area (Å²) in [5.74, 6) is -1.85. The molecule has 0 heterocycles. The summed E-state index contributed by atoms with van der Waals surface area (Å²) in [6.07, 6.45) is -3.45. The number of ether oxygens (including phenoxy) is 2. The number of unbranched alkanes of at least 4 members (excludes halogenated alkanes) is 1. The molecule has 10 heteroatoms. The summed E-state index contributed by atoms with van der Waals surface area (Å²) in [6, 6.07) is 26.9. The zero-order chi connectivity index (χ0) is 35.6. The zero-order valence-electron chi connectivity index (χ0n) is 27.9. The average Bonchev–Trinajstić information content (AvgIpc) is 3.04. The predicted molar refractivity (Wildman–Crippen MR) is 182 cm³/mol. The minimum atomic E-state index is -4.85. The van der Waals surface area contributed by atoms with Gasteiger partial charge in [0, 0.05) is 19.5 Å². The number of nitrogens with zero attached hydrogens (tertiary/aromatic N) is 1. The molecule has 0 atom stereocenters. The van der Waals surface area contributed by atoms with E-state index in [1.807, 2.05) is 24.3 Å². The van der Waals surface area contributed by atoms with Crippen LogP contribution in [0.1, 0.15) is 72.6 Å². The van der Waals surface area contributed by atoms with Gasteiger partial charge in [-0.3, -0.25) is 9.69 Å². The lowest BCUT2D eigenvalue weighted by atomic mass is 9.86. The van der Waals surface area contributed by atoms with Crippen molar-refractivity contribution < 1.29 is 42.4 Å². The minimum Gasteiger partial charge on any atom is -0.489 e. The monoisotopic (exact) mass is 677 g/mol. The van der Waals surface area contributed by atoms with Crippen LogP contribution in [0.3, 0.4) is 0 Å². The van der Waals surface area contributed by atoms with Gasteiger partial charge < -0.3 is 19.7 Å². The van der Waals surface area contributed by atoms with E-state index < -0.39 is 18.3 Å². The standard InChI is InChI=1S/C39H42F3NO6/c1-38(2,3)33-17-15-30(16-18-33)29-11-9-28(10-12-29)26-48-35-20-19-34(49-39(40,41)42)24-32(35)21-23-43(22-5-4-6-36(44)45)25-27-7-13-31(14-8-27)37(46)47/h7-20,24H,4-6,21-23,25-26H2,1-3H3,(H,44,45)(H,46,47). The van der Waals surface area contributed by atoms with Crippen molar-refractivity contribution in [2.75, 3.05) is 13.1 Å². The lowest BCUT2D eigenvalue weighted by molar-refractivity contribution is -0.274. The first kappa shape index (κ1) is 37.0. The molecule has 0 aromatic heterocycles. The van der Waals surface area contributed by atoms with Crippen LogP contribution in [-0.4, -0.2) is 46.5 Å². The molecule has 0 aliphatic rings. The molecular formula is C39H42F3NO6. The van der Waals surface area contributed by atoms with Crippen molar-refractivity contribution in [3.8, 4) is 22.6 Å². The Morgan fingerprint density at radius 3 is 1.94 bits per heavy atom. The van der Waals surface area contributed by atoms with Gasteiger partial charge in [-0.2, -0.15) is 0 Å². The molecule has 0 spiro atoms. The lowest BCUT2D eigenvalue weighted by Crippen LogP contribution is -2.27. The second-order valence-corrected chi connectivity index (χ2v) is 13.0. The van der Waals surface area contributed by atoms with E-state index in [0.29, 0.717) is 50.2 Å². The van der Waals surface area contributed by atoms with Crippen molar-refractivity contribution in [1.82, 2.24) is 4.90 Å². The number of halogens is 3. The Labute approximate surface area is 284 Å². The Morgan fingerprint density at radius 1 is 0.755 bits per heavy atom. The number of rotatable bonds is 16. The number of aromatic carboxylic acids is 1. The van der Waals surface area contributed by atoms with E-state index >= 15 is 0 Å². The van der Waals surface area contributed by atoms with E-state index in [1.54, 1.807) is 12.1 Å². The first-order valence-electron chi connectivity index (χ1n) is 16.1. The smallest absolute Gasteiger partial charge is 0.489 e. The second-order valence-electron chi connectivity index (χ2n) is 13.0. The third-order valence-corrected chi connectivity index (χ3v) is 8.12. The summed E-state index contributed by atoms with van der Waals surface area (Å²) in [5.41, 5.74) is 5.88. The molecule has 0 radical (unpaired) electrons. The Bertz CT molecular complexity index is 1680. The van der Waals surface area contributed by atoms with E-state index in [0.717, 1.165) is 22.3 Å². The molecule has 260 valence electrons. The topological polar surface area (TPSA) is 96.3 Å². The van der Waals surface area contributed by atoms with Gasteiger partial charge in [-0.25, -0.2) is 4.79 Å². The molecule has 7 nitrogen and oxygen atoms in total. The molecular weight excluding hydrogens is 635 g/mol. The molecule has 4 aromatic carbocycles. The molecule has 0 fully saturated rings. The van der Waals surface area contributed by atoms with Crippen LogP contribution >= 0.6 is 0 Å². The maximum atomic E-state index is 13.1. The van der Waals surface area contributed by atoms with Crippen LogP contribution in [-0.2, 0) is 29.8 Å². The van der Waals surface area contributed by atoms with Gasteiger partial charge in [-0.05, 0) is 94.9 Å². The van der Waals surface area contributed by atoms with Gasteiger partial charge >= 0.3 is 18.3 Å². The quantitative estimate of drug-likeness (QED) is 0.114. The van der Waals surface area contributed by atoms with Crippen LogP contribution in [0.15, 0.2) is 91.0 Å². The maximum Gasteiger partial charge on any atom is 0.573 e. The highest BCUT2D eigenvalue weighted by Crippen LogP contribution is 2.31. The van der Waals surface area contributed by atoms with E-state index in [4.69, 9.17) is 9.84 Å². The third-order valence-electron chi connectivity index (χ3n) is 8.12.